The van der Waals surface area contributed by atoms with E-state index in [0.717, 1.165) is 30.0 Å². The van der Waals surface area contributed by atoms with Crippen molar-refractivity contribution in [2.75, 3.05) is 6.61 Å². The number of nitrogens with zero attached hydrogens (tertiary/aromatic N) is 1. The molecule has 0 radical (unpaired) electrons. The van der Waals surface area contributed by atoms with E-state index in [2.05, 4.69) is 5.16 Å². The summed E-state index contributed by atoms with van der Waals surface area (Å²) < 4.78 is 10.7. The third kappa shape index (κ3) is 1.96. The fourth-order valence-electron chi connectivity index (χ4n) is 1.64. The largest absolute Gasteiger partial charge is 0.376 e. The number of ether oxygens (including phenoxy) is 1. The van der Waals surface area contributed by atoms with Gasteiger partial charge in [-0.3, -0.25) is 0 Å². The monoisotopic (exact) mass is 196 g/mol. The van der Waals surface area contributed by atoms with Crippen molar-refractivity contribution in [3.8, 4) is 0 Å². The molecule has 1 aliphatic rings. The van der Waals surface area contributed by atoms with Gasteiger partial charge < -0.3 is 15.0 Å². The highest BCUT2D eigenvalue weighted by Crippen LogP contribution is 2.22. The molecule has 0 aliphatic carbocycles. The Hall–Kier alpha value is -0.870. The van der Waals surface area contributed by atoms with E-state index in [1.54, 1.807) is 0 Å². The van der Waals surface area contributed by atoms with Crippen molar-refractivity contribution in [1.82, 2.24) is 5.16 Å². The molecule has 0 unspecified atom stereocenters. The van der Waals surface area contributed by atoms with E-state index in [1.165, 1.54) is 0 Å². The highest BCUT2D eigenvalue weighted by molar-refractivity contribution is 5.25. The molecule has 0 amide bonds. The van der Waals surface area contributed by atoms with Crippen LogP contribution < -0.4 is 5.73 Å². The first kappa shape index (κ1) is 9.68. The van der Waals surface area contributed by atoms with Gasteiger partial charge in [-0.2, -0.15) is 0 Å². The van der Waals surface area contributed by atoms with Crippen LogP contribution in [0.3, 0.4) is 0 Å². The summed E-state index contributed by atoms with van der Waals surface area (Å²) >= 11 is 0. The van der Waals surface area contributed by atoms with E-state index < -0.39 is 0 Å². The van der Waals surface area contributed by atoms with Crippen LogP contribution in [0.25, 0.3) is 0 Å². The van der Waals surface area contributed by atoms with Gasteiger partial charge in [0.2, 0.25) is 0 Å². The highest BCUT2D eigenvalue weighted by Gasteiger charge is 2.23. The van der Waals surface area contributed by atoms with Gasteiger partial charge in [0.25, 0.3) is 0 Å². The molecule has 1 aromatic rings. The molecular formula is C10H16N2O2. The Morgan fingerprint density at radius 3 is 3.00 bits per heavy atom. The maximum atomic E-state index is 5.93. The zero-order valence-electron chi connectivity index (χ0n) is 8.67. The summed E-state index contributed by atoms with van der Waals surface area (Å²) in [5.41, 5.74) is 7.82. The Morgan fingerprint density at radius 2 is 2.29 bits per heavy atom. The number of hydrogen-bond donors (Lipinski definition) is 1. The van der Waals surface area contributed by atoms with Crippen LogP contribution in [0.2, 0.25) is 0 Å². The van der Waals surface area contributed by atoms with Gasteiger partial charge in [-0.1, -0.05) is 5.16 Å². The third-order valence-corrected chi connectivity index (χ3v) is 2.30. The van der Waals surface area contributed by atoms with Gasteiger partial charge in [-0.25, -0.2) is 0 Å². The van der Waals surface area contributed by atoms with Crippen LogP contribution in [0, 0.1) is 0 Å². The Balaban J connectivity index is 2.22. The summed E-state index contributed by atoms with van der Waals surface area (Å²) in [5.74, 6) is 0.882. The predicted molar refractivity (Wildman–Crippen MR) is 51.8 cm³/mol. The fraction of sp³-hybridized carbons (Fsp3) is 0.700. The summed E-state index contributed by atoms with van der Waals surface area (Å²) in [5, 5.41) is 4.03. The minimum absolute atomic E-state index is 0.259. The van der Waals surface area contributed by atoms with Gasteiger partial charge in [0.05, 0.1) is 18.9 Å². The second-order valence-corrected chi connectivity index (χ2v) is 4.50. The average molecular weight is 196 g/mol. The lowest BCUT2D eigenvalue weighted by molar-refractivity contribution is 0.109. The van der Waals surface area contributed by atoms with E-state index in [-0.39, 0.29) is 5.54 Å². The molecule has 2 N–H and O–H groups in total. The van der Waals surface area contributed by atoms with Gasteiger partial charge in [0.1, 0.15) is 5.76 Å². The standard InChI is InChI=1S/C10H16N2O2/c1-10(2,11)5-9-7-6-13-4-3-8(7)12-14-9/h3-6,11H2,1-2H3. The maximum absolute atomic E-state index is 5.93. The first-order chi connectivity index (χ1) is 6.56. The molecule has 78 valence electrons. The Morgan fingerprint density at radius 1 is 1.50 bits per heavy atom. The second kappa shape index (κ2) is 3.37. The van der Waals surface area contributed by atoms with Crippen molar-refractivity contribution >= 4 is 0 Å². The average Bonchev–Trinajstić information content (AvgIpc) is 2.47. The van der Waals surface area contributed by atoms with Crippen molar-refractivity contribution in [3.05, 3.63) is 17.0 Å². The Kier molecular flexibility index (Phi) is 2.33. The molecule has 0 bridgehead atoms. The van der Waals surface area contributed by atoms with Crippen LogP contribution in [0.4, 0.5) is 0 Å². The predicted octanol–water partition coefficient (Wildman–Crippen LogP) is 1.03. The van der Waals surface area contributed by atoms with Crippen LogP contribution in [0.15, 0.2) is 4.52 Å². The molecule has 0 saturated carbocycles. The number of fused-ring (bicyclic) bond motifs is 1. The van der Waals surface area contributed by atoms with Crippen molar-refractivity contribution in [2.45, 2.75) is 38.8 Å². The molecule has 14 heavy (non-hydrogen) atoms. The van der Waals surface area contributed by atoms with Crippen LogP contribution in [-0.2, 0) is 24.2 Å². The van der Waals surface area contributed by atoms with Crippen molar-refractivity contribution in [2.24, 2.45) is 5.73 Å². The van der Waals surface area contributed by atoms with E-state index in [0.29, 0.717) is 13.0 Å². The Labute approximate surface area is 83.4 Å². The van der Waals surface area contributed by atoms with Gasteiger partial charge >= 0.3 is 0 Å². The van der Waals surface area contributed by atoms with E-state index in [1.807, 2.05) is 13.8 Å². The van der Waals surface area contributed by atoms with Crippen LogP contribution >= 0.6 is 0 Å². The topological polar surface area (TPSA) is 61.3 Å². The normalized spacial score (nSPS) is 16.8. The van der Waals surface area contributed by atoms with Gasteiger partial charge in [-0.05, 0) is 13.8 Å². The van der Waals surface area contributed by atoms with Crippen LogP contribution in [0.1, 0.15) is 30.9 Å². The van der Waals surface area contributed by atoms with E-state index >= 15 is 0 Å². The number of hydrogen-bond acceptors (Lipinski definition) is 4. The molecule has 0 spiro atoms. The zero-order valence-corrected chi connectivity index (χ0v) is 8.67. The summed E-state index contributed by atoms with van der Waals surface area (Å²) in [6, 6.07) is 0. The molecule has 2 rings (SSSR count). The lowest BCUT2D eigenvalue weighted by Crippen LogP contribution is -2.34. The summed E-state index contributed by atoms with van der Waals surface area (Å²) in [6.07, 6.45) is 1.56. The van der Waals surface area contributed by atoms with Gasteiger partial charge in [0, 0.05) is 23.9 Å². The molecule has 0 fully saturated rings. The van der Waals surface area contributed by atoms with Crippen molar-refractivity contribution in [1.29, 1.82) is 0 Å². The molecule has 4 heteroatoms. The first-order valence-electron chi connectivity index (χ1n) is 4.89. The lowest BCUT2D eigenvalue weighted by Gasteiger charge is -2.17. The third-order valence-electron chi connectivity index (χ3n) is 2.30. The summed E-state index contributed by atoms with van der Waals surface area (Å²) in [6.45, 7) is 5.31. The molecule has 1 aromatic heterocycles. The molecule has 4 nitrogen and oxygen atoms in total. The zero-order chi connectivity index (χ0) is 10.2. The summed E-state index contributed by atoms with van der Waals surface area (Å²) in [4.78, 5) is 0. The van der Waals surface area contributed by atoms with Crippen molar-refractivity contribution < 1.29 is 9.26 Å². The van der Waals surface area contributed by atoms with E-state index in [9.17, 15) is 0 Å². The smallest absolute Gasteiger partial charge is 0.144 e. The van der Waals surface area contributed by atoms with Gasteiger partial charge in [0.15, 0.2) is 0 Å². The molecule has 2 heterocycles. The molecular weight excluding hydrogens is 180 g/mol. The first-order valence-corrected chi connectivity index (χ1v) is 4.89. The molecule has 0 aromatic carbocycles. The number of rotatable bonds is 2. The summed E-state index contributed by atoms with van der Waals surface area (Å²) in [7, 11) is 0. The highest BCUT2D eigenvalue weighted by atomic mass is 16.5. The molecule has 1 aliphatic heterocycles. The minimum atomic E-state index is -0.259. The SMILES string of the molecule is CC(C)(N)Cc1onc2c1COCC2. The molecule has 0 saturated heterocycles. The lowest BCUT2D eigenvalue weighted by atomic mass is 9.97. The van der Waals surface area contributed by atoms with Crippen LogP contribution in [0.5, 0.6) is 0 Å². The second-order valence-electron chi connectivity index (χ2n) is 4.50. The quantitative estimate of drug-likeness (QED) is 0.767. The molecule has 0 atom stereocenters. The minimum Gasteiger partial charge on any atom is -0.376 e. The van der Waals surface area contributed by atoms with E-state index in [4.69, 9.17) is 15.0 Å². The number of nitrogens with two attached hydrogens (primary N) is 1. The van der Waals surface area contributed by atoms with Gasteiger partial charge in [-0.15, -0.1) is 0 Å². The number of aromatic nitrogens is 1. The fourth-order valence-corrected chi connectivity index (χ4v) is 1.64. The Bertz CT molecular complexity index is 325. The maximum Gasteiger partial charge on any atom is 0.144 e. The van der Waals surface area contributed by atoms with Crippen LogP contribution in [-0.4, -0.2) is 17.3 Å². The van der Waals surface area contributed by atoms with Crippen molar-refractivity contribution in [3.63, 3.8) is 0 Å².